The maximum absolute atomic E-state index is 12.5. The van der Waals surface area contributed by atoms with E-state index >= 15 is 0 Å². The normalized spacial score (nSPS) is 15.1. The van der Waals surface area contributed by atoms with Crippen molar-refractivity contribution in [2.75, 3.05) is 20.1 Å². The molecule has 0 saturated heterocycles. The summed E-state index contributed by atoms with van der Waals surface area (Å²) in [6.07, 6.45) is 6.63. The summed E-state index contributed by atoms with van der Waals surface area (Å²) in [5, 5.41) is 7.75. The molecule has 6 heteroatoms. The Morgan fingerprint density at radius 2 is 1.96 bits per heavy atom. The van der Waals surface area contributed by atoms with E-state index in [1.54, 1.807) is 0 Å². The lowest BCUT2D eigenvalue weighted by Gasteiger charge is -2.20. The van der Waals surface area contributed by atoms with Gasteiger partial charge in [-0.1, -0.05) is 37.5 Å². The van der Waals surface area contributed by atoms with Crippen LogP contribution in [0.25, 0.3) is 11.0 Å². The molecule has 1 aromatic heterocycles. The Bertz CT molecular complexity index is 683. The standard InChI is InChI=1S/C19H26N2O2S.ClH/c1-20-11-12-21-19(22)18-16(13-24-14-7-3-2-4-8-14)15-9-5-6-10-17(15)23-18;/h5-6,9-10,14,20H,2-4,7-8,11-13H2,1H3,(H,21,22);1H. The van der Waals surface area contributed by atoms with Crippen LogP contribution in [0.4, 0.5) is 0 Å². The van der Waals surface area contributed by atoms with Gasteiger partial charge in [0.1, 0.15) is 5.58 Å². The molecule has 1 heterocycles. The Morgan fingerprint density at radius 1 is 1.20 bits per heavy atom. The van der Waals surface area contributed by atoms with Crippen molar-refractivity contribution in [1.82, 2.24) is 10.6 Å². The zero-order chi connectivity index (χ0) is 16.8. The summed E-state index contributed by atoms with van der Waals surface area (Å²) in [7, 11) is 1.87. The molecule has 2 N–H and O–H groups in total. The molecule has 4 nitrogen and oxygen atoms in total. The third-order valence-electron chi connectivity index (χ3n) is 4.58. The molecule has 0 spiro atoms. The Morgan fingerprint density at radius 3 is 2.72 bits per heavy atom. The molecule has 0 unspecified atom stereocenters. The van der Waals surface area contributed by atoms with Crippen LogP contribution in [0.3, 0.4) is 0 Å². The van der Waals surface area contributed by atoms with Crippen LogP contribution in [-0.4, -0.2) is 31.3 Å². The van der Waals surface area contributed by atoms with Gasteiger partial charge >= 0.3 is 0 Å². The average molecular weight is 383 g/mol. The molecule has 1 amide bonds. The molecular weight excluding hydrogens is 356 g/mol. The second-order valence-electron chi connectivity index (χ2n) is 6.34. The molecule has 1 aliphatic carbocycles. The predicted molar refractivity (Wildman–Crippen MR) is 108 cm³/mol. The number of fused-ring (bicyclic) bond motifs is 1. The first kappa shape index (κ1) is 20.1. The summed E-state index contributed by atoms with van der Waals surface area (Å²) in [5.41, 5.74) is 1.85. The second-order valence-corrected chi connectivity index (χ2v) is 7.63. The number of thioether (sulfide) groups is 1. The largest absolute Gasteiger partial charge is 0.451 e. The second kappa shape index (κ2) is 10.1. The first-order valence-electron chi connectivity index (χ1n) is 8.84. The van der Waals surface area contributed by atoms with Crippen molar-refractivity contribution in [3.8, 4) is 0 Å². The van der Waals surface area contributed by atoms with E-state index in [9.17, 15) is 4.79 Å². The van der Waals surface area contributed by atoms with Gasteiger partial charge in [0.25, 0.3) is 5.91 Å². The van der Waals surface area contributed by atoms with Gasteiger partial charge in [-0.2, -0.15) is 11.8 Å². The van der Waals surface area contributed by atoms with E-state index in [1.165, 1.54) is 32.1 Å². The van der Waals surface area contributed by atoms with E-state index < -0.39 is 0 Å². The fourth-order valence-electron chi connectivity index (χ4n) is 3.24. The Balaban J connectivity index is 0.00000225. The maximum atomic E-state index is 12.5. The number of carbonyl (C=O) groups excluding carboxylic acids is 1. The van der Waals surface area contributed by atoms with Crippen LogP contribution < -0.4 is 10.6 Å². The minimum absolute atomic E-state index is 0. The number of rotatable bonds is 7. The lowest BCUT2D eigenvalue weighted by molar-refractivity contribution is 0.0927. The third kappa shape index (κ3) is 5.16. The summed E-state index contributed by atoms with van der Waals surface area (Å²) in [6, 6.07) is 7.95. The smallest absolute Gasteiger partial charge is 0.287 e. The highest BCUT2D eigenvalue weighted by Gasteiger charge is 2.22. The zero-order valence-corrected chi connectivity index (χ0v) is 16.3. The Labute approximate surface area is 159 Å². The van der Waals surface area contributed by atoms with Gasteiger partial charge in [-0.05, 0) is 26.0 Å². The molecule has 1 aliphatic rings. The fourth-order valence-corrected chi connectivity index (χ4v) is 4.60. The number of amides is 1. The lowest BCUT2D eigenvalue weighted by atomic mass is 10.0. The first-order valence-corrected chi connectivity index (χ1v) is 9.89. The van der Waals surface area contributed by atoms with Crippen molar-refractivity contribution in [3.05, 3.63) is 35.6 Å². The van der Waals surface area contributed by atoms with Crippen LogP contribution in [0.15, 0.2) is 28.7 Å². The van der Waals surface area contributed by atoms with Gasteiger partial charge < -0.3 is 15.1 Å². The van der Waals surface area contributed by atoms with Gasteiger partial charge in [-0.25, -0.2) is 0 Å². The third-order valence-corrected chi connectivity index (χ3v) is 5.98. The molecule has 138 valence electrons. The summed E-state index contributed by atoms with van der Waals surface area (Å²) in [4.78, 5) is 12.5. The minimum Gasteiger partial charge on any atom is -0.451 e. The van der Waals surface area contributed by atoms with E-state index in [4.69, 9.17) is 4.42 Å². The van der Waals surface area contributed by atoms with Crippen molar-refractivity contribution in [2.45, 2.75) is 43.1 Å². The number of likely N-dealkylation sites (N-methyl/N-ethyl adjacent to an activating group) is 1. The van der Waals surface area contributed by atoms with Crippen LogP contribution in [-0.2, 0) is 5.75 Å². The highest BCUT2D eigenvalue weighted by molar-refractivity contribution is 7.99. The molecule has 0 bridgehead atoms. The number of furan rings is 1. The van der Waals surface area contributed by atoms with Crippen LogP contribution >= 0.6 is 24.2 Å². The molecule has 0 aliphatic heterocycles. The number of nitrogens with one attached hydrogen (secondary N) is 2. The van der Waals surface area contributed by atoms with Crippen molar-refractivity contribution in [3.63, 3.8) is 0 Å². The molecule has 0 radical (unpaired) electrons. The van der Waals surface area contributed by atoms with Gasteiger partial charge in [-0.3, -0.25) is 4.79 Å². The number of hydrogen-bond donors (Lipinski definition) is 2. The number of para-hydroxylation sites is 1. The molecule has 25 heavy (non-hydrogen) atoms. The molecular formula is C19H27ClN2O2S. The minimum atomic E-state index is -0.110. The topological polar surface area (TPSA) is 54.3 Å². The van der Waals surface area contributed by atoms with E-state index in [0.29, 0.717) is 17.6 Å². The van der Waals surface area contributed by atoms with Crippen LogP contribution in [0.1, 0.15) is 48.2 Å². The van der Waals surface area contributed by atoms with Gasteiger partial charge in [0, 0.05) is 35.0 Å². The molecule has 1 saturated carbocycles. The number of halogens is 1. The molecule has 1 aromatic carbocycles. The lowest BCUT2D eigenvalue weighted by Crippen LogP contribution is -2.30. The molecule has 3 rings (SSSR count). The summed E-state index contributed by atoms with van der Waals surface area (Å²) in [6.45, 7) is 1.35. The first-order chi connectivity index (χ1) is 11.8. The van der Waals surface area contributed by atoms with Crippen molar-refractivity contribution in [2.24, 2.45) is 0 Å². The number of benzene rings is 1. The molecule has 0 atom stereocenters. The van der Waals surface area contributed by atoms with E-state index in [0.717, 1.165) is 28.8 Å². The fraction of sp³-hybridized carbons (Fsp3) is 0.526. The summed E-state index contributed by atoms with van der Waals surface area (Å²) >= 11 is 1.98. The molecule has 1 fully saturated rings. The van der Waals surface area contributed by atoms with E-state index in [2.05, 4.69) is 16.7 Å². The number of hydrogen-bond acceptors (Lipinski definition) is 4. The van der Waals surface area contributed by atoms with Crippen molar-refractivity contribution >= 4 is 41.0 Å². The SMILES string of the molecule is CNCCNC(=O)c1oc2ccccc2c1CSC1CCCCC1.Cl. The zero-order valence-electron chi connectivity index (χ0n) is 14.7. The maximum Gasteiger partial charge on any atom is 0.287 e. The summed E-state index contributed by atoms with van der Waals surface area (Å²) in [5.74, 6) is 1.22. The highest BCUT2D eigenvalue weighted by atomic mass is 35.5. The monoisotopic (exact) mass is 382 g/mol. The van der Waals surface area contributed by atoms with Crippen molar-refractivity contribution < 1.29 is 9.21 Å². The quantitative estimate of drug-likeness (QED) is 0.698. The highest BCUT2D eigenvalue weighted by Crippen LogP contribution is 2.34. The van der Waals surface area contributed by atoms with Crippen LogP contribution in [0, 0.1) is 0 Å². The molecule has 2 aromatic rings. The van der Waals surface area contributed by atoms with Gasteiger partial charge in [0.2, 0.25) is 0 Å². The van der Waals surface area contributed by atoms with Crippen LogP contribution in [0.2, 0.25) is 0 Å². The Hall–Kier alpha value is -1.17. The predicted octanol–water partition coefficient (Wildman–Crippen LogP) is 4.37. The number of carbonyl (C=O) groups is 1. The van der Waals surface area contributed by atoms with E-state index in [1.807, 2.05) is 37.0 Å². The van der Waals surface area contributed by atoms with Gasteiger partial charge in [0.05, 0.1) is 0 Å². The van der Waals surface area contributed by atoms with Crippen molar-refractivity contribution in [1.29, 1.82) is 0 Å². The average Bonchev–Trinajstić information content (AvgIpc) is 3.00. The van der Waals surface area contributed by atoms with Gasteiger partial charge in [-0.15, -0.1) is 12.4 Å². The Kier molecular flexibility index (Phi) is 8.13. The summed E-state index contributed by atoms with van der Waals surface area (Å²) < 4.78 is 5.89. The van der Waals surface area contributed by atoms with E-state index in [-0.39, 0.29) is 18.3 Å². The van der Waals surface area contributed by atoms with Gasteiger partial charge in [0.15, 0.2) is 5.76 Å². The van der Waals surface area contributed by atoms with Crippen LogP contribution in [0.5, 0.6) is 0 Å².